The fourth-order valence-electron chi connectivity index (χ4n) is 3.47. The molecule has 0 aromatic heterocycles. The van der Waals surface area contributed by atoms with Gasteiger partial charge in [0.05, 0.1) is 27.4 Å². The Labute approximate surface area is 194 Å². The number of amides is 3. The molecule has 0 saturated carbocycles. The van der Waals surface area contributed by atoms with Crippen LogP contribution in [0.15, 0.2) is 72.8 Å². The fourth-order valence-corrected chi connectivity index (χ4v) is 3.65. The van der Waals surface area contributed by atoms with Crippen LogP contribution in [0.25, 0.3) is 0 Å². The van der Waals surface area contributed by atoms with E-state index in [-0.39, 0.29) is 23.2 Å². The summed E-state index contributed by atoms with van der Waals surface area (Å²) in [7, 11) is 0. The van der Waals surface area contributed by atoms with E-state index in [1.807, 2.05) is 30.3 Å². The van der Waals surface area contributed by atoms with Gasteiger partial charge < -0.3 is 10.1 Å². The molecule has 8 heteroatoms. The predicted octanol–water partition coefficient (Wildman–Crippen LogP) is 3.97. The highest BCUT2D eigenvalue weighted by atomic mass is 35.5. The first-order valence-corrected chi connectivity index (χ1v) is 10.6. The number of anilines is 1. The fraction of sp³-hybridized carbons (Fsp3) is 0.120. The van der Waals surface area contributed by atoms with Crippen LogP contribution in [0.2, 0.25) is 5.02 Å². The van der Waals surface area contributed by atoms with Gasteiger partial charge in [0.15, 0.2) is 6.61 Å². The zero-order valence-electron chi connectivity index (χ0n) is 17.4. The lowest BCUT2D eigenvalue weighted by atomic mass is 10.1. The average Bonchev–Trinajstić information content (AvgIpc) is 3.07. The lowest BCUT2D eigenvalue weighted by molar-refractivity contribution is -0.119. The molecule has 1 N–H and O–H groups in total. The van der Waals surface area contributed by atoms with E-state index < -0.39 is 30.3 Å². The van der Waals surface area contributed by atoms with Crippen molar-refractivity contribution in [2.75, 3.05) is 18.5 Å². The van der Waals surface area contributed by atoms with Crippen LogP contribution in [0.5, 0.6) is 0 Å². The third-order valence-corrected chi connectivity index (χ3v) is 5.49. The molecule has 166 valence electrons. The number of esters is 1. The number of ether oxygens (including phenoxy) is 1. The van der Waals surface area contributed by atoms with Crippen molar-refractivity contribution < 1.29 is 23.9 Å². The van der Waals surface area contributed by atoms with Crippen molar-refractivity contribution >= 4 is 41.0 Å². The monoisotopic (exact) mass is 462 g/mol. The summed E-state index contributed by atoms with van der Waals surface area (Å²) in [6.45, 7) is -0.296. The minimum atomic E-state index is -0.782. The van der Waals surface area contributed by atoms with E-state index in [4.69, 9.17) is 16.3 Å². The highest BCUT2D eigenvalue weighted by molar-refractivity contribution is 6.33. The molecule has 0 atom stereocenters. The second kappa shape index (κ2) is 9.67. The van der Waals surface area contributed by atoms with Crippen molar-refractivity contribution in [1.29, 1.82) is 0 Å². The number of benzene rings is 3. The molecule has 0 saturated heterocycles. The summed E-state index contributed by atoms with van der Waals surface area (Å²) in [5.41, 5.74) is 1.86. The van der Waals surface area contributed by atoms with Gasteiger partial charge in [0.2, 0.25) is 0 Å². The average molecular weight is 463 g/mol. The number of hydrogen-bond acceptors (Lipinski definition) is 5. The van der Waals surface area contributed by atoms with E-state index in [1.54, 1.807) is 24.3 Å². The van der Waals surface area contributed by atoms with E-state index in [0.29, 0.717) is 17.1 Å². The number of nitrogens with one attached hydrogen (secondary N) is 1. The molecule has 0 bridgehead atoms. The number of hydrogen-bond donors (Lipinski definition) is 1. The van der Waals surface area contributed by atoms with E-state index >= 15 is 0 Å². The Balaban J connectivity index is 1.38. The number of carbonyl (C=O) groups is 4. The van der Waals surface area contributed by atoms with Crippen LogP contribution in [0, 0.1) is 0 Å². The summed E-state index contributed by atoms with van der Waals surface area (Å²) in [6.07, 6.45) is 0.530. The molecule has 0 aliphatic carbocycles. The Hall–Kier alpha value is -3.97. The summed E-state index contributed by atoms with van der Waals surface area (Å²) in [6, 6.07) is 20.4. The first kappa shape index (κ1) is 22.2. The number of imide groups is 1. The van der Waals surface area contributed by atoms with Crippen LogP contribution in [-0.2, 0) is 16.0 Å². The molecule has 0 radical (unpaired) electrons. The molecule has 3 aromatic carbocycles. The Morgan fingerprint density at radius 3 is 2.33 bits per heavy atom. The minimum Gasteiger partial charge on any atom is -0.452 e. The normalized spacial score (nSPS) is 12.5. The van der Waals surface area contributed by atoms with Crippen molar-refractivity contribution in [3.63, 3.8) is 0 Å². The van der Waals surface area contributed by atoms with Gasteiger partial charge in [-0.1, -0.05) is 54.1 Å². The zero-order valence-corrected chi connectivity index (χ0v) is 18.2. The second-order valence-corrected chi connectivity index (χ2v) is 7.77. The molecule has 4 rings (SSSR count). The topological polar surface area (TPSA) is 92.8 Å². The molecular formula is C25H19ClN2O5. The molecule has 3 amide bonds. The molecule has 3 aromatic rings. The number of fused-ring (bicyclic) bond motifs is 1. The minimum absolute atomic E-state index is 0.0744. The van der Waals surface area contributed by atoms with Gasteiger partial charge in [-0.3, -0.25) is 19.3 Å². The predicted molar refractivity (Wildman–Crippen MR) is 122 cm³/mol. The lowest BCUT2D eigenvalue weighted by Gasteiger charge is -2.13. The molecule has 0 fully saturated rings. The number of nitrogens with zero attached hydrogens (tertiary/aromatic N) is 1. The maximum absolute atomic E-state index is 12.8. The maximum Gasteiger partial charge on any atom is 0.338 e. The van der Waals surface area contributed by atoms with Crippen LogP contribution in [0.3, 0.4) is 0 Å². The molecule has 1 aliphatic heterocycles. The summed E-state index contributed by atoms with van der Waals surface area (Å²) in [5.74, 6) is -2.20. The number of carbonyl (C=O) groups excluding carboxylic acids is 4. The summed E-state index contributed by atoms with van der Waals surface area (Å²) < 4.78 is 5.05. The van der Waals surface area contributed by atoms with Crippen LogP contribution in [-0.4, -0.2) is 41.7 Å². The smallest absolute Gasteiger partial charge is 0.338 e. The summed E-state index contributed by atoms with van der Waals surface area (Å²) in [5, 5.41) is 2.91. The lowest BCUT2D eigenvalue weighted by Crippen LogP contribution is -2.31. The van der Waals surface area contributed by atoms with Crippen LogP contribution in [0.1, 0.15) is 36.6 Å². The molecule has 1 heterocycles. The first-order valence-electron chi connectivity index (χ1n) is 10.2. The number of para-hydroxylation sites is 1. The third-order valence-electron chi connectivity index (χ3n) is 5.16. The van der Waals surface area contributed by atoms with Crippen molar-refractivity contribution in [2.45, 2.75) is 6.42 Å². The van der Waals surface area contributed by atoms with E-state index in [2.05, 4.69) is 5.32 Å². The third kappa shape index (κ3) is 4.94. The van der Waals surface area contributed by atoms with E-state index in [1.165, 1.54) is 23.1 Å². The standard InChI is InChI=1S/C25H19ClN2O5/c26-20-8-4-5-9-21(20)27-22(29)15-33-25(32)17-10-11-18-19(14-17)24(31)28(23(18)30)13-12-16-6-2-1-3-7-16/h1-11,14H,12-13,15H2,(H,27,29). The summed E-state index contributed by atoms with van der Waals surface area (Å²) >= 11 is 5.99. The van der Waals surface area contributed by atoms with E-state index in [9.17, 15) is 19.2 Å². The molecule has 33 heavy (non-hydrogen) atoms. The zero-order chi connectivity index (χ0) is 23.4. The molecular weight excluding hydrogens is 444 g/mol. The SMILES string of the molecule is O=C(COC(=O)c1ccc2c(c1)C(=O)N(CCc1ccccc1)C2=O)Nc1ccccc1Cl. The van der Waals surface area contributed by atoms with Gasteiger partial charge in [0.1, 0.15) is 0 Å². The van der Waals surface area contributed by atoms with Crippen LogP contribution in [0.4, 0.5) is 5.69 Å². The maximum atomic E-state index is 12.8. The van der Waals surface area contributed by atoms with Crippen molar-refractivity contribution in [2.24, 2.45) is 0 Å². The van der Waals surface area contributed by atoms with Gasteiger partial charge in [-0.15, -0.1) is 0 Å². The summed E-state index contributed by atoms with van der Waals surface area (Å²) in [4.78, 5) is 51.1. The van der Waals surface area contributed by atoms with Crippen molar-refractivity contribution in [1.82, 2.24) is 4.90 Å². The first-order chi connectivity index (χ1) is 15.9. The highest BCUT2D eigenvalue weighted by Crippen LogP contribution is 2.25. The number of halogens is 1. The molecule has 0 unspecified atom stereocenters. The van der Waals surface area contributed by atoms with Gasteiger partial charge in [-0.25, -0.2) is 4.79 Å². The van der Waals surface area contributed by atoms with Crippen molar-refractivity contribution in [3.8, 4) is 0 Å². The molecule has 0 spiro atoms. The van der Waals surface area contributed by atoms with Gasteiger partial charge >= 0.3 is 5.97 Å². The van der Waals surface area contributed by atoms with Crippen molar-refractivity contribution in [3.05, 3.63) is 100 Å². The molecule has 1 aliphatic rings. The Morgan fingerprint density at radius 2 is 1.58 bits per heavy atom. The molecule has 7 nitrogen and oxygen atoms in total. The van der Waals surface area contributed by atoms with Gasteiger partial charge in [0.25, 0.3) is 17.7 Å². The Bertz CT molecular complexity index is 1240. The quantitative estimate of drug-likeness (QED) is 0.423. The van der Waals surface area contributed by atoms with Crippen LogP contribution < -0.4 is 5.32 Å². The number of rotatable bonds is 7. The largest absolute Gasteiger partial charge is 0.452 e. The van der Waals surface area contributed by atoms with E-state index in [0.717, 1.165) is 5.56 Å². The van der Waals surface area contributed by atoms with Gasteiger partial charge in [-0.2, -0.15) is 0 Å². The van der Waals surface area contributed by atoms with Crippen LogP contribution >= 0.6 is 11.6 Å². The Morgan fingerprint density at radius 1 is 0.879 bits per heavy atom. The highest BCUT2D eigenvalue weighted by Gasteiger charge is 2.35. The Kier molecular flexibility index (Phi) is 6.51. The second-order valence-electron chi connectivity index (χ2n) is 7.36. The van der Waals surface area contributed by atoms with Gasteiger partial charge in [-0.05, 0) is 42.3 Å². The van der Waals surface area contributed by atoms with Gasteiger partial charge in [0, 0.05) is 6.54 Å².